The fraction of sp³-hybridized carbons (Fsp3) is 0.381. The Balaban J connectivity index is 1.78. The number of nitrogens with zero attached hydrogens (tertiary/aromatic N) is 2. The first-order valence-electron chi connectivity index (χ1n) is 8.85. The highest BCUT2D eigenvalue weighted by atomic mass is 32.2. The fourth-order valence-electron chi connectivity index (χ4n) is 2.93. The van der Waals surface area contributed by atoms with Crippen LogP contribution in [0.1, 0.15) is 50.7 Å². The molecule has 132 valence electrons. The topological polar surface area (TPSA) is 6.48 Å². The van der Waals surface area contributed by atoms with Gasteiger partial charge in [0.2, 0.25) is 0 Å². The van der Waals surface area contributed by atoms with Gasteiger partial charge in [0.25, 0.3) is 0 Å². The Morgan fingerprint density at radius 1 is 0.800 bits per heavy atom. The third-order valence-corrected chi connectivity index (χ3v) is 6.15. The van der Waals surface area contributed by atoms with E-state index in [2.05, 4.69) is 86.0 Å². The van der Waals surface area contributed by atoms with E-state index in [9.17, 15) is 0 Å². The van der Waals surface area contributed by atoms with Gasteiger partial charge >= 0.3 is 0 Å². The molecule has 0 bridgehead atoms. The van der Waals surface area contributed by atoms with Gasteiger partial charge in [-0.1, -0.05) is 75.9 Å². The average Bonchev–Trinajstić information content (AvgIpc) is 2.62. The zero-order valence-corrected chi connectivity index (χ0v) is 17.0. The van der Waals surface area contributed by atoms with Crippen LogP contribution in [0.15, 0.2) is 48.5 Å². The lowest BCUT2D eigenvalue weighted by Crippen LogP contribution is -2.45. The molecule has 1 fully saturated rings. The molecule has 2 nitrogen and oxygen atoms in total. The van der Waals surface area contributed by atoms with Gasteiger partial charge in [-0.25, -0.2) is 0 Å². The number of benzene rings is 2. The number of hydrogen-bond donors (Lipinski definition) is 0. The van der Waals surface area contributed by atoms with Crippen molar-refractivity contribution in [2.75, 3.05) is 22.3 Å². The molecule has 0 radical (unpaired) electrons. The Hall–Kier alpha value is -1.52. The van der Waals surface area contributed by atoms with Crippen molar-refractivity contribution in [1.29, 1.82) is 0 Å². The van der Waals surface area contributed by atoms with Crippen LogP contribution in [0.2, 0.25) is 0 Å². The van der Waals surface area contributed by atoms with E-state index in [-0.39, 0.29) is 0 Å². The van der Waals surface area contributed by atoms with Crippen LogP contribution in [0.5, 0.6) is 0 Å². The van der Waals surface area contributed by atoms with E-state index in [1.165, 1.54) is 22.5 Å². The molecule has 0 atom stereocenters. The van der Waals surface area contributed by atoms with E-state index < -0.39 is 0 Å². The van der Waals surface area contributed by atoms with E-state index in [1.807, 2.05) is 0 Å². The number of hydrogen-bond acceptors (Lipinski definition) is 3. The second-order valence-corrected chi connectivity index (χ2v) is 8.72. The minimum Gasteiger partial charge on any atom is -0.344 e. The van der Waals surface area contributed by atoms with Gasteiger partial charge in [0.15, 0.2) is 0 Å². The van der Waals surface area contributed by atoms with Crippen molar-refractivity contribution in [3.63, 3.8) is 0 Å². The molecule has 3 rings (SSSR count). The molecule has 0 spiro atoms. The summed E-state index contributed by atoms with van der Waals surface area (Å²) in [7, 11) is 0. The zero-order chi connectivity index (χ0) is 18.0. The maximum absolute atomic E-state index is 5.61. The molecule has 0 aliphatic carbocycles. The van der Waals surface area contributed by atoms with E-state index in [0.717, 1.165) is 16.9 Å². The van der Waals surface area contributed by atoms with Crippen molar-refractivity contribution in [1.82, 2.24) is 0 Å². The van der Waals surface area contributed by atoms with Crippen LogP contribution in [0.25, 0.3) is 0 Å². The number of thioether (sulfide) groups is 1. The molecule has 4 heteroatoms. The van der Waals surface area contributed by atoms with Crippen LogP contribution in [-0.4, -0.2) is 16.9 Å². The minimum atomic E-state index is 0.549. The predicted molar refractivity (Wildman–Crippen MR) is 116 cm³/mol. The van der Waals surface area contributed by atoms with E-state index in [1.54, 1.807) is 11.8 Å². The summed E-state index contributed by atoms with van der Waals surface area (Å²) in [6.45, 7) is 9.70. The number of anilines is 2. The van der Waals surface area contributed by atoms with Crippen molar-refractivity contribution in [3.05, 3.63) is 59.7 Å². The molecule has 2 aromatic carbocycles. The van der Waals surface area contributed by atoms with Crippen LogP contribution < -0.4 is 9.80 Å². The van der Waals surface area contributed by atoms with Gasteiger partial charge in [0, 0.05) is 11.4 Å². The van der Waals surface area contributed by atoms with E-state index in [4.69, 9.17) is 12.2 Å². The van der Waals surface area contributed by atoms with E-state index >= 15 is 0 Å². The zero-order valence-electron chi connectivity index (χ0n) is 15.4. The summed E-state index contributed by atoms with van der Waals surface area (Å²) in [6, 6.07) is 17.7. The SMILES string of the molecule is CC(C)c1ccc(N2CSC(=S)N(c3ccc(C(C)C)cc3)C2)cc1. The first-order valence-corrected chi connectivity index (χ1v) is 10.2. The summed E-state index contributed by atoms with van der Waals surface area (Å²) in [6.07, 6.45) is 0. The summed E-state index contributed by atoms with van der Waals surface area (Å²) >= 11 is 7.34. The smallest absolute Gasteiger partial charge is 0.144 e. The fourth-order valence-corrected chi connectivity index (χ4v) is 4.07. The third-order valence-electron chi connectivity index (χ3n) is 4.67. The Kier molecular flexibility index (Phi) is 5.70. The summed E-state index contributed by atoms with van der Waals surface area (Å²) in [5.41, 5.74) is 5.17. The molecule has 1 aliphatic rings. The van der Waals surface area contributed by atoms with Gasteiger partial charge in [-0.3, -0.25) is 0 Å². The first kappa shape index (κ1) is 18.3. The van der Waals surface area contributed by atoms with Gasteiger partial charge in [0.05, 0.1) is 12.5 Å². The van der Waals surface area contributed by atoms with Gasteiger partial charge in [-0.15, -0.1) is 0 Å². The summed E-state index contributed by atoms with van der Waals surface area (Å²) < 4.78 is 0.951. The maximum atomic E-state index is 5.61. The van der Waals surface area contributed by atoms with Crippen LogP contribution in [-0.2, 0) is 0 Å². The third kappa shape index (κ3) is 4.18. The minimum absolute atomic E-state index is 0.549. The molecule has 0 saturated carbocycles. The summed E-state index contributed by atoms with van der Waals surface area (Å²) in [5.74, 6) is 2.02. The predicted octanol–water partition coefficient (Wildman–Crippen LogP) is 6.19. The van der Waals surface area contributed by atoms with Crippen molar-refractivity contribution >= 4 is 39.7 Å². The highest BCUT2D eigenvalue weighted by molar-refractivity contribution is 8.23. The molecule has 25 heavy (non-hydrogen) atoms. The Labute approximate surface area is 161 Å². The molecule has 2 aromatic rings. The molecular weight excluding hydrogens is 344 g/mol. The first-order chi connectivity index (χ1) is 12.0. The van der Waals surface area contributed by atoms with Crippen LogP contribution in [0.3, 0.4) is 0 Å². The Bertz CT molecular complexity index is 721. The molecule has 0 amide bonds. The second kappa shape index (κ2) is 7.79. The highest BCUT2D eigenvalue weighted by Crippen LogP contribution is 2.30. The van der Waals surface area contributed by atoms with Gasteiger partial charge in [0.1, 0.15) is 4.32 Å². The molecular formula is C21H26N2S2. The van der Waals surface area contributed by atoms with Crippen molar-refractivity contribution in [2.45, 2.75) is 39.5 Å². The molecule has 0 N–H and O–H groups in total. The van der Waals surface area contributed by atoms with Crippen LogP contribution in [0.4, 0.5) is 11.4 Å². The largest absolute Gasteiger partial charge is 0.344 e. The lowest BCUT2D eigenvalue weighted by atomic mass is 10.0. The van der Waals surface area contributed by atoms with Crippen molar-refractivity contribution < 1.29 is 0 Å². The second-order valence-electron chi connectivity index (χ2n) is 7.14. The van der Waals surface area contributed by atoms with Crippen molar-refractivity contribution in [3.8, 4) is 0 Å². The number of thiocarbonyl (C=S) groups is 1. The normalized spacial score (nSPS) is 15.4. The number of rotatable bonds is 4. The van der Waals surface area contributed by atoms with Crippen LogP contribution >= 0.6 is 24.0 Å². The van der Waals surface area contributed by atoms with Gasteiger partial charge in [-0.2, -0.15) is 0 Å². The molecule has 1 heterocycles. The Morgan fingerprint density at radius 2 is 1.28 bits per heavy atom. The van der Waals surface area contributed by atoms with Crippen LogP contribution in [0, 0.1) is 0 Å². The molecule has 0 aromatic heterocycles. The van der Waals surface area contributed by atoms with Gasteiger partial charge < -0.3 is 9.80 Å². The molecule has 1 aliphatic heterocycles. The Morgan fingerprint density at radius 3 is 1.76 bits per heavy atom. The lowest BCUT2D eigenvalue weighted by molar-refractivity contribution is 0.857. The maximum Gasteiger partial charge on any atom is 0.144 e. The van der Waals surface area contributed by atoms with E-state index in [0.29, 0.717) is 11.8 Å². The monoisotopic (exact) mass is 370 g/mol. The lowest BCUT2D eigenvalue weighted by Gasteiger charge is -2.38. The van der Waals surface area contributed by atoms with Crippen molar-refractivity contribution in [2.24, 2.45) is 0 Å². The average molecular weight is 371 g/mol. The highest BCUT2D eigenvalue weighted by Gasteiger charge is 2.23. The van der Waals surface area contributed by atoms with Gasteiger partial charge in [-0.05, 0) is 47.2 Å². The summed E-state index contributed by atoms with van der Waals surface area (Å²) in [5, 5.41) is 0. The molecule has 1 saturated heterocycles. The quantitative estimate of drug-likeness (QED) is 0.591. The molecule has 0 unspecified atom stereocenters. The summed E-state index contributed by atoms with van der Waals surface area (Å²) in [4.78, 5) is 4.60. The standard InChI is InChI=1S/C21H26N2S2/c1-15(2)17-5-9-19(10-6-17)22-13-23(21(24)25-14-22)20-11-7-18(8-12-20)16(3)4/h5-12,15-16H,13-14H2,1-4H3.